The second kappa shape index (κ2) is 6.79. The molecule has 1 atom stereocenters. The zero-order chi connectivity index (χ0) is 17.1. The van der Waals surface area contributed by atoms with Crippen molar-refractivity contribution in [1.82, 2.24) is 4.57 Å². The fourth-order valence-electron chi connectivity index (χ4n) is 2.75. The van der Waals surface area contributed by atoms with Gasteiger partial charge in [0.15, 0.2) is 0 Å². The number of aryl methyl sites for hydroxylation is 1. The van der Waals surface area contributed by atoms with Gasteiger partial charge in [-0.05, 0) is 57.2 Å². The summed E-state index contributed by atoms with van der Waals surface area (Å²) in [7, 11) is 0. The summed E-state index contributed by atoms with van der Waals surface area (Å²) >= 11 is 0. The van der Waals surface area contributed by atoms with E-state index in [9.17, 15) is 4.79 Å². The molecule has 1 aromatic heterocycles. The van der Waals surface area contributed by atoms with Gasteiger partial charge in [0.05, 0.1) is 6.61 Å². The minimum absolute atomic E-state index is 0.0368. The van der Waals surface area contributed by atoms with Gasteiger partial charge in [0.25, 0.3) is 0 Å². The summed E-state index contributed by atoms with van der Waals surface area (Å²) in [6.07, 6.45) is 1.94. The number of rotatable bonds is 5. The number of hydrogen-bond donors (Lipinski definition) is 1. The lowest BCUT2D eigenvalue weighted by atomic mass is 10.2. The third-order valence-electron chi connectivity index (χ3n) is 4.12. The summed E-state index contributed by atoms with van der Waals surface area (Å²) in [6, 6.07) is 15.4. The minimum atomic E-state index is -0.304. The van der Waals surface area contributed by atoms with Crippen LogP contribution in [-0.2, 0) is 4.79 Å². The summed E-state index contributed by atoms with van der Waals surface area (Å²) in [4.78, 5) is 12.6. The van der Waals surface area contributed by atoms with Gasteiger partial charge in [0.2, 0.25) is 5.91 Å². The molecule has 0 fully saturated rings. The van der Waals surface area contributed by atoms with Crippen LogP contribution in [0.1, 0.15) is 25.5 Å². The van der Waals surface area contributed by atoms with Crippen LogP contribution in [0.2, 0.25) is 0 Å². The lowest BCUT2D eigenvalue weighted by Gasteiger charge is -2.16. The second-order valence-corrected chi connectivity index (χ2v) is 5.91. The molecule has 0 bridgehead atoms. The molecule has 2 aromatic carbocycles. The van der Waals surface area contributed by atoms with Crippen molar-refractivity contribution in [3.8, 4) is 5.75 Å². The Bertz CT molecular complexity index is 850. The van der Waals surface area contributed by atoms with E-state index in [0.29, 0.717) is 6.61 Å². The zero-order valence-corrected chi connectivity index (χ0v) is 14.2. The van der Waals surface area contributed by atoms with E-state index in [4.69, 9.17) is 4.74 Å². The highest BCUT2D eigenvalue weighted by atomic mass is 16.5. The Morgan fingerprint density at radius 1 is 1.17 bits per heavy atom. The standard InChI is InChI=1S/C20H22N2O2/c1-4-24-18-9-10-19-16(13-18)11-12-22(19)15(3)20(23)21-17-7-5-14(2)6-8-17/h5-13,15H,4H2,1-3H3,(H,21,23). The van der Waals surface area contributed by atoms with Crippen molar-refractivity contribution in [2.24, 2.45) is 0 Å². The molecule has 0 radical (unpaired) electrons. The van der Waals surface area contributed by atoms with Crippen molar-refractivity contribution < 1.29 is 9.53 Å². The number of hydrogen-bond acceptors (Lipinski definition) is 2. The lowest BCUT2D eigenvalue weighted by Crippen LogP contribution is -2.23. The number of amides is 1. The molecule has 0 saturated heterocycles. The highest BCUT2D eigenvalue weighted by Crippen LogP contribution is 2.25. The topological polar surface area (TPSA) is 43.3 Å². The number of benzene rings is 2. The maximum Gasteiger partial charge on any atom is 0.247 e. The Hall–Kier alpha value is -2.75. The first-order valence-electron chi connectivity index (χ1n) is 8.19. The van der Waals surface area contributed by atoms with Gasteiger partial charge in [-0.25, -0.2) is 0 Å². The summed E-state index contributed by atoms with van der Waals surface area (Å²) in [5.41, 5.74) is 3.00. The fraction of sp³-hybridized carbons (Fsp3) is 0.250. The number of anilines is 1. The quantitative estimate of drug-likeness (QED) is 0.749. The van der Waals surface area contributed by atoms with Crippen molar-refractivity contribution in [3.05, 3.63) is 60.3 Å². The maximum atomic E-state index is 12.6. The number of carbonyl (C=O) groups excluding carboxylic acids is 1. The lowest BCUT2D eigenvalue weighted by molar-refractivity contribution is -0.118. The first-order chi connectivity index (χ1) is 11.6. The molecule has 0 aliphatic carbocycles. The van der Waals surface area contributed by atoms with E-state index < -0.39 is 0 Å². The Morgan fingerprint density at radius 3 is 2.62 bits per heavy atom. The number of nitrogens with one attached hydrogen (secondary N) is 1. The van der Waals surface area contributed by atoms with Crippen molar-refractivity contribution in [1.29, 1.82) is 0 Å². The van der Waals surface area contributed by atoms with Gasteiger partial charge >= 0.3 is 0 Å². The highest BCUT2D eigenvalue weighted by Gasteiger charge is 2.17. The molecule has 4 nitrogen and oxygen atoms in total. The Kier molecular flexibility index (Phi) is 4.56. The molecule has 3 aromatic rings. The van der Waals surface area contributed by atoms with Crippen LogP contribution in [0.25, 0.3) is 10.9 Å². The zero-order valence-electron chi connectivity index (χ0n) is 14.2. The second-order valence-electron chi connectivity index (χ2n) is 5.91. The van der Waals surface area contributed by atoms with E-state index in [-0.39, 0.29) is 11.9 Å². The average Bonchev–Trinajstić information content (AvgIpc) is 2.99. The van der Waals surface area contributed by atoms with Gasteiger partial charge in [-0.15, -0.1) is 0 Å². The van der Waals surface area contributed by atoms with Crippen molar-refractivity contribution in [3.63, 3.8) is 0 Å². The Balaban J connectivity index is 1.81. The Labute approximate surface area is 142 Å². The summed E-state index contributed by atoms with van der Waals surface area (Å²) in [5.74, 6) is 0.810. The molecule has 1 N–H and O–H groups in total. The summed E-state index contributed by atoms with van der Waals surface area (Å²) in [6.45, 7) is 6.53. The molecule has 124 valence electrons. The molecule has 24 heavy (non-hydrogen) atoms. The van der Waals surface area contributed by atoms with Crippen molar-refractivity contribution >= 4 is 22.5 Å². The van der Waals surface area contributed by atoms with Crippen LogP contribution in [0.3, 0.4) is 0 Å². The minimum Gasteiger partial charge on any atom is -0.494 e. The predicted octanol–water partition coefficient (Wildman–Crippen LogP) is 4.55. The Morgan fingerprint density at radius 2 is 1.92 bits per heavy atom. The maximum absolute atomic E-state index is 12.6. The van der Waals surface area contributed by atoms with E-state index >= 15 is 0 Å². The monoisotopic (exact) mass is 322 g/mol. The van der Waals surface area contributed by atoms with E-state index in [2.05, 4.69) is 5.32 Å². The fourth-order valence-corrected chi connectivity index (χ4v) is 2.75. The molecule has 0 saturated carbocycles. The molecule has 1 heterocycles. The molecule has 0 aliphatic rings. The molecule has 1 amide bonds. The van der Waals surface area contributed by atoms with E-state index in [1.807, 2.05) is 80.1 Å². The van der Waals surface area contributed by atoms with E-state index in [1.54, 1.807) is 0 Å². The predicted molar refractivity (Wildman–Crippen MR) is 97.6 cm³/mol. The summed E-state index contributed by atoms with van der Waals surface area (Å²) < 4.78 is 7.51. The van der Waals surface area contributed by atoms with Crippen LogP contribution in [0.15, 0.2) is 54.7 Å². The van der Waals surface area contributed by atoms with Crippen LogP contribution in [0, 0.1) is 6.92 Å². The van der Waals surface area contributed by atoms with Gasteiger partial charge in [-0.3, -0.25) is 4.79 Å². The number of carbonyl (C=O) groups is 1. The highest BCUT2D eigenvalue weighted by molar-refractivity contribution is 5.95. The smallest absolute Gasteiger partial charge is 0.247 e. The van der Waals surface area contributed by atoms with Crippen LogP contribution in [-0.4, -0.2) is 17.1 Å². The molecule has 0 spiro atoms. The van der Waals surface area contributed by atoms with Crippen molar-refractivity contribution in [2.45, 2.75) is 26.8 Å². The molecule has 1 unspecified atom stereocenters. The van der Waals surface area contributed by atoms with Gasteiger partial charge in [-0.1, -0.05) is 17.7 Å². The van der Waals surface area contributed by atoms with E-state index in [0.717, 1.165) is 22.3 Å². The molecule has 4 heteroatoms. The van der Waals surface area contributed by atoms with Crippen molar-refractivity contribution in [2.75, 3.05) is 11.9 Å². The number of fused-ring (bicyclic) bond motifs is 1. The normalized spacial score (nSPS) is 12.1. The third-order valence-corrected chi connectivity index (χ3v) is 4.12. The largest absolute Gasteiger partial charge is 0.494 e. The van der Waals surface area contributed by atoms with Crippen LogP contribution in [0.5, 0.6) is 5.75 Å². The summed E-state index contributed by atoms with van der Waals surface area (Å²) in [5, 5.41) is 4.03. The SMILES string of the molecule is CCOc1ccc2c(ccn2C(C)C(=O)Nc2ccc(C)cc2)c1. The van der Waals surface area contributed by atoms with Gasteiger partial charge in [0.1, 0.15) is 11.8 Å². The van der Waals surface area contributed by atoms with Gasteiger partial charge in [-0.2, -0.15) is 0 Å². The van der Waals surface area contributed by atoms with Gasteiger partial charge < -0.3 is 14.6 Å². The third kappa shape index (κ3) is 3.27. The molecular weight excluding hydrogens is 300 g/mol. The number of nitrogens with zero attached hydrogens (tertiary/aromatic N) is 1. The van der Waals surface area contributed by atoms with Crippen LogP contribution < -0.4 is 10.1 Å². The van der Waals surface area contributed by atoms with E-state index in [1.165, 1.54) is 5.56 Å². The van der Waals surface area contributed by atoms with Crippen LogP contribution in [0.4, 0.5) is 5.69 Å². The molecular formula is C20H22N2O2. The first-order valence-corrected chi connectivity index (χ1v) is 8.19. The number of aromatic nitrogens is 1. The molecule has 0 aliphatic heterocycles. The first kappa shape index (κ1) is 16.1. The average molecular weight is 322 g/mol. The van der Waals surface area contributed by atoms with Crippen LogP contribution >= 0.6 is 0 Å². The number of ether oxygens (including phenoxy) is 1. The molecule has 3 rings (SSSR count). The van der Waals surface area contributed by atoms with Gasteiger partial charge in [0, 0.05) is 22.8 Å².